The van der Waals surface area contributed by atoms with Crippen molar-refractivity contribution in [2.45, 2.75) is 0 Å². The molecule has 0 spiro atoms. The minimum absolute atomic E-state index is 0.186. The molecule has 220 valence electrons. The highest BCUT2D eigenvalue weighted by atomic mass is 32.1. The van der Waals surface area contributed by atoms with Crippen LogP contribution in [0.2, 0.25) is 0 Å². The SMILES string of the molecule is [2H]c1c([2H])c([2H])c(-c2cc(-c3ccccc3)cc3c2sc2cc(-c4nc(-c5ccccc5)nc(-c5ccc6ccccc6c5)n4)ccc23)c([2H])c1[2H]. The highest BCUT2D eigenvalue weighted by Crippen LogP contribution is 2.43. The van der Waals surface area contributed by atoms with Gasteiger partial charge in [0.25, 0.3) is 0 Å². The van der Waals surface area contributed by atoms with Crippen molar-refractivity contribution in [3.63, 3.8) is 0 Å². The van der Waals surface area contributed by atoms with E-state index in [1.807, 2.05) is 91.0 Å². The molecular weight excluding hydrogens is 591 g/mol. The van der Waals surface area contributed by atoms with E-state index in [1.165, 1.54) is 11.3 Å². The fourth-order valence-electron chi connectivity index (χ4n) is 6.06. The average Bonchev–Trinajstić information content (AvgIpc) is 3.57. The number of nitrogens with zero attached hydrogens (tertiary/aromatic N) is 3. The van der Waals surface area contributed by atoms with Crippen molar-refractivity contribution >= 4 is 42.3 Å². The molecule has 7 aromatic carbocycles. The van der Waals surface area contributed by atoms with Gasteiger partial charge in [-0.2, -0.15) is 0 Å². The van der Waals surface area contributed by atoms with E-state index in [-0.39, 0.29) is 29.7 Å². The first-order chi connectivity index (χ1) is 25.3. The zero-order valence-corrected chi connectivity index (χ0v) is 25.8. The number of thiophene rings is 1. The Kier molecular flexibility index (Phi) is 5.48. The summed E-state index contributed by atoms with van der Waals surface area (Å²) in [6, 6.07) is 42.8. The largest absolute Gasteiger partial charge is 0.208 e. The molecule has 2 heterocycles. The van der Waals surface area contributed by atoms with Gasteiger partial charge in [0.2, 0.25) is 0 Å². The van der Waals surface area contributed by atoms with Gasteiger partial charge in [0.05, 0.1) is 6.85 Å². The zero-order valence-electron chi connectivity index (χ0n) is 30.0. The Morgan fingerprint density at radius 1 is 0.426 bits per heavy atom. The maximum absolute atomic E-state index is 8.84. The van der Waals surface area contributed by atoms with E-state index in [2.05, 4.69) is 42.5 Å². The summed E-state index contributed by atoms with van der Waals surface area (Å²) < 4.78 is 44.5. The Bertz CT molecular complexity index is 2830. The second-order valence-corrected chi connectivity index (χ2v) is 12.4. The first kappa shape index (κ1) is 22.5. The number of hydrogen-bond acceptors (Lipinski definition) is 4. The summed E-state index contributed by atoms with van der Waals surface area (Å²) in [6.45, 7) is 0. The predicted octanol–water partition coefficient (Wildman–Crippen LogP) is 11.7. The molecule has 9 rings (SSSR count). The monoisotopic (exact) mass is 622 g/mol. The first-order valence-electron chi connectivity index (χ1n) is 17.8. The lowest BCUT2D eigenvalue weighted by molar-refractivity contribution is 1.08. The molecule has 0 saturated carbocycles. The van der Waals surface area contributed by atoms with Crippen LogP contribution in [0, 0.1) is 0 Å². The van der Waals surface area contributed by atoms with Gasteiger partial charge in [0.1, 0.15) is 0 Å². The molecule has 0 radical (unpaired) electrons. The van der Waals surface area contributed by atoms with Crippen molar-refractivity contribution in [1.82, 2.24) is 15.0 Å². The molecule has 47 heavy (non-hydrogen) atoms. The summed E-state index contributed by atoms with van der Waals surface area (Å²) in [5, 5.41) is 4.16. The quantitative estimate of drug-likeness (QED) is 0.192. The molecule has 0 atom stereocenters. The number of rotatable bonds is 5. The van der Waals surface area contributed by atoms with Crippen molar-refractivity contribution in [2.75, 3.05) is 0 Å². The number of hydrogen-bond donors (Lipinski definition) is 0. The number of benzene rings is 7. The summed E-state index contributed by atoms with van der Waals surface area (Å²) in [4.78, 5) is 14.9. The van der Waals surface area contributed by atoms with Gasteiger partial charge in [-0.3, -0.25) is 0 Å². The van der Waals surface area contributed by atoms with E-state index >= 15 is 0 Å². The third-order valence-electron chi connectivity index (χ3n) is 8.38. The summed E-state index contributed by atoms with van der Waals surface area (Å²) in [7, 11) is 0. The van der Waals surface area contributed by atoms with Gasteiger partial charge in [-0.25, -0.2) is 15.0 Å². The van der Waals surface area contributed by atoms with Crippen molar-refractivity contribution in [3.05, 3.63) is 164 Å². The van der Waals surface area contributed by atoms with Crippen LogP contribution < -0.4 is 0 Å². The van der Waals surface area contributed by atoms with Crippen molar-refractivity contribution < 1.29 is 6.85 Å². The third-order valence-corrected chi connectivity index (χ3v) is 9.58. The molecule has 0 unspecified atom stereocenters. The molecule has 0 aliphatic carbocycles. The van der Waals surface area contributed by atoms with E-state index in [4.69, 9.17) is 21.8 Å². The maximum Gasteiger partial charge on any atom is 0.164 e. The Hall–Kier alpha value is -5.97. The highest BCUT2D eigenvalue weighted by Gasteiger charge is 2.17. The maximum atomic E-state index is 8.84. The standard InChI is InChI=1S/C43H27N3S/c1-4-12-28(13-5-1)35-25-37(30-15-6-2-7-16-30)40-38(26-35)36-23-22-34(27-39(36)47-40)43-45-41(31-17-8-3-9-18-31)44-42(46-43)33-21-20-29-14-10-11-19-32(29)24-33/h1-27H/i2D,6D,7D,15D,16D. The molecule has 4 heteroatoms. The Balaban J connectivity index is 1.27. The fourth-order valence-corrected chi connectivity index (χ4v) is 7.31. The molecule has 0 aliphatic heterocycles. The van der Waals surface area contributed by atoms with Crippen LogP contribution in [0.4, 0.5) is 0 Å². The molecule has 2 aromatic heterocycles. The smallest absolute Gasteiger partial charge is 0.164 e. The summed E-state index contributed by atoms with van der Waals surface area (Å²) >= 11 is 1.52. The molecule has 3 nitrogen and oxygen atoms in total. The normalized spacial score (nSPS) is 12.9. The van der Waals surface area contributed by atoms with Crippen LogP contribution in [-0.4, -0.2) is 15.0 Å². The van der Waals surface area contributed by atoms with Crippen LogP contribution >= 0.6 is 11.3 Å². The highest BCUT2D eigenvalue weighted by molar-refractivity contribution is 7.26. The van der Waals surface area contributed by atoms with Crippen LogP contribution in [-0.2, 0) is 0 Å². The van der Waals surface area contributed by atoms with Crippen molar-refractivity contribution in [2.24, 2.45) is 0 Å². The third kappa shape index (κ3) is 5.05. The summed E-state index contributed by atoms with van der Waals surface area (Å²) in [5.74, 6) is 1.68. The van der Waals surface area contributed by atoms with Crippen LogP contribution in [0.1, 0.15) is 6.85 Å². The van der Waals surface area contributed by atoms with Gasteiger partial charge in [-0.15, -0.1) is 11.3 Å². The minimum Gasteiger partial charge on any atom is -0.208 e. The van der Waals surface area contributed by atoms with Crippen molar-refractivity contribution in [1.29, 1.82) is 0 Å². The Morgan fingerprint density at radius 3 is 1.79 bits per heavy atom. The topological polar surface area (TPSA) is 38.7 Å². The van der Waals surface area contributed by atoms with E-state index < -0.39 is 6.04 Å². The van der Waals surface area contributed by atoms with Crippen molar-refractivity contribution in [3.8, 4) is 56.4 Å². The van der Waals surface area contributed by atoms with Gasteiger partial charge < -0.3 is 0 Å². The molecule has 0 aliphatic rings. The molecule has 0 saturated heterocycles. The van der Waals surface area contributed by atoms with E-state index in [0.717, 1.165) is 58.8 Å². The predicted molar refractivity (Wildman–Crippen MR) is 197 cm³/mol. The van der Waals surface area contributed by atoms with Gasteiger partial charge in [-0.05, 0) is 51.7 Å². The molecule has 0 fully saturated rings. The Labute approximate surface area is 283 Å². The summed E-state index contributed by atoms with van der Waals surface area (Å²) in [5.41, 5.74) is 5.23. The molecule has 0 bridgehead atoms. The fraction of sp³-hybridized carbons (Fsp3) is 0. The van der Waals surface area contributed by atoms with Gasteiger partial charge in [0, 0.05) is 42.4 Å². The van der Waals surface area contributed by atoms with Crippen LogP contribution in [0.3, 0.4) is 0 Å². The van der Waals surface area contributed by atoms with Crippen LogP contribution in [0.25, 0.3) is 87.4 Å². The average molecular weight is 623 g/mol. The summed E-state index contributed by atoms with van der Waals surface area (Å²) in [6.07, 6.45) is 0. The van der Waals surface area contributed by atoms with Crippen LogP contribution in [0.15, 0.2) is 164 Å². The van der Waals surface area contributed by atoms with Crippen LogP contribution in [0.5, 0.6) is 0 Å². The van der Waals surface area contributed by atoms with E-state index in [0.29, 0.717) is 23.0 Å². The lowest BCUT2D eigenvalue weighted by Gasteiger charge is -2.09. The van der Waals surface area contributed by atoms with E-state index in [9.17, 15) is 0 Å². The molecule has 9 aromatic rings. The lowest BCUT2D eigenvalue weighted by atomic mass is 9.96. The number of aromatic nitrogens is 3. The molecule has 0 N–H and O–H groups in total. The van der Waals surface area contributed by atoms with E-state index in [1.54, 1.807) is 0 Å². The molecule has 0 amide bonds. The van der Waals surface area contributed by atoms with Gasteiger partial charge in [0.15, 0.2) is 17.5 Å². The number of fused-ring (bicyclic) bond motifs is 4. The molecular formula is C43H27N3S. The second-order valence-electron chi connectivity index (χ2n) is 11.3. The zero-order chi connectivity index (χ0) is 35.5. The second kappa shape index (κ2) is 11.4. The minimum atomic E-state index is -0.412. The first-order valence-corrected chi connectivity index (χ1v) is 16.1. The Morgan fingerprint density at radius 2 is 1.04 bits per heavy atom. The van der Waals surface area contributed by atoms with Gasteiger partial charge in [-0.1, -0.05) is 139 Å². The van der Waals surface area contributed by atoms with Gasteiger partial charge >= 0.3 is 0 Å². The lowest BCUT2D eigenvalue weighted by Crippen LogP contribution is -2.00.